The SMILES string of the molecule is Cn1ncc(C(=O)O)c1NC(=O)c1cccc(F)c1. The molecular weight excluding hydrogens is 253 g/mol. The van der Waals surface area contributed by atoms with Crippen LogP contribution in [-0.4, -0.2) is 26.8 Å². The number of carbonyl (C=O) groups excluding carboxylic acids is 1. The summed E-state index contributed by atoms with van der Waals surface area (Å²) < 4.78 is 14.2. The maximum absolute atomic E-state index is 13.0. The van der Waals surface area contributed by atoms with Crippen LogP contribution in [0, 0.1) is 5.82 Å². The quantitative estimate of drug-likeness (QED) is 0.879. The van der Waals surface area contributed by atoms with E-state index in [0.717, 1.165) is 12.3 Å². The van der Waals surface area contributed by atoms with Crippen LogP contribution in [0.25, 0.3) is 0 Å². The topological polar surface area (TPSA) is 84.2 Å². The van der Waals surface area contributed by atoms with Crippen molar-refractivity contribution >= 4 is 17.7 Å². The molecule has 7 heteroatoms. The highest BCUT2D eigenvalue weighted by Crippen LogP contribution is 2.15. The van der Waals surface area contributed by atoms with Crippen LogP contribution < -0.4 is 5.32 Å². The van der Waals surface area contributed by atoms with Gasteiger partial charge in [-0.1, -0.05) is 6.07 Å². The predicted molar refractivity (Wildman–Crippen MR) is 64.5 cm³/mol. The summed E-state index contributed by atoms with van der Waals surface area (Å²) in [7, 11) is 1.49. The minimum atomic E-state index is -1.21. The summed E-state index contributed by atoms with van der Waals surface area (Å²) >= 11 is 0. The molecule has 0 radical (unpaired) electrons. The molecule has 19 heavy (non-hydrogen) atoms. The lowest BCUT2D eigenvalue weighted by Crippen LogP contribution is -2.17. The number of nitrogens with one attached hydrogen (secondary N) is 1. The summed E-state index contributed by atoms with van der Waals surface area (Å²) in [5.41, 5.74) is -0.0372. The van der Waals surface area contributed by atoms with Crippen molar-refractivity contribution in [1.82, 2.24) is 9.78 Å². The molecule has 2 rings (SSSR count). The number of benzene rings is 1. The third-order valence-electron chi connectivity index (χ3n) is 2.49. The smallest absolute Gasteiger partial charge is 0.341 e. The second kappa shape index (κ2) is 4.89. The van der Waals surface area contributed by atoms with Gasteiger partial charge in [0.05, 0.1) is 6.20 Å². The summed E-state index contributed by atoms with van der Waals surface area (Å²) in [6.07, 6.45) is 1.13. The van der Waals surface area contributed by atoms with E-state index in [1.807, 2.05) is 0 Å². The Morgan fingerprint density at radius 3 is 2.79 bits per heavy atom. The molecule has 1 heterocycles. The number of carbonyl (C=O) groups is 2. The molecule has 0 unspecified atom stereocenters. The number of carboxylic acid groups (broad SMARTS) is 1. The van der Waals surface area contributed by atoms with E-state index in [1.54, 1.807) is 0 Å². The zero-order valence-corrected chi connectivity index (χ0v) is 9.92. The number of amides is 1. The van der Waals surface area contributed by atoms with Crippen LogP contribution in [0.4, 0.5) is 10.2 Å². The van der Waals surface area contributed by atoms with Crippen molar-refractivity contribution in [2.24, 2.45) is 7.05 Å². The number of rotatable bonds is 3. The Morgan fingerprint density at radius 2 is 2.16 bits per heavy atom. The Balaban J connectivity index is 2.29. The molecule has 1 aromatic carbocycles. The Morgan fingerprint density at radius 1 is 1.42 bits per heavy atom. The molecule has 2 aromatic rings. The van der Waals surface area contributed by atoms with Crippen molar-refractivity contribution in [2.75, 3.05) is 5.32 Å². The first-order valence-corrected chi connectivity index (χ1v) is 5.31. The zero-order valence-electron chi connectivity index (χ0n) is 9.92. The van der Waals surface area contributed by atoms with Gasteiger partial charge < -0.3 is 10.4 Å². The molecule has 1 amide bonds. The maximum Gasteiger partial charge on any atom is 0.341 e. The van der Waals surface area contributed by atoms with Gasteiger partial charge in [-0.05, 0) is 18.2 Å². The third kappa shape index (κ3) is 2.59. The summed E-state index contributed by atoms with van der Waals surface area (Å²) in [4.78, 5) is 22.8. The van der Waals surface area contributed by atoms with Crippen LogP contribution in [0.5, 0.6) is 0 Å². The van der Waals surface area contributed by atoms with Gasteiger partial charge in [0.15, 0.2) is 0 Å². The van der Waals surface area contributed by atoms with Gasteiger partial charge in [0, 0.05) is 12.6 Å². The number of anilines is 1. The predicted octanol–water partition coefficient (Wildman–Crippen LogP) is 1.51. The fraction of sp³-hybridized carbons (Fsp3) is 0.0833. The highest BCUT2D eigenvalue weighted by atomic mass is 19.1. The largest absolute Gasteiger partial charge is 0.477 e. The summed E-state index contributed by atoms with van der Waals surface area (Å²) in [5, 5.41) is 15.1. The molecule has 0 aliphatic carbocycles. The Labute approximate surface area is 107 Å². The number of aromatic carboxylic acids is 1. The molecule has 0 spiro atoms. The van der Waals surface area contributed by atoms with Gasteiger partial charge in [-0.3, -0.25) is 9.48 Å². The van der Waals surface area contributed by atoms with E-state index in [1.165, 1.54) is 29.9 Å². The number of hydrogen-bond donors (Lipinski definition) is 2. The Bertz CT molecular complexity index is 651. The van der Waals surface area contributed by atoms with Crippen LogP contribution in [-0.2, 0) is 7.05 Å². The number of carboxylic acids is 1. The lowest BCUT2D eigenvalue weighted by molar-refractivity contribution is 0.0698. The van der Waals surface area contributed by atoms with E-state index in [9.17, 15) is 14.0 Å². The molecule has 98 valence electrons. The Hall–Kier alpha value is -2.70. The third-order valence-corrected chi connectivity index (χ3v) is 2.49. The molecule has 0 saturated carbocycles. The van der Waals surface area contributed by atoms with E-state index < -0.39 is 17.7 Å². The van der Waals surface area contributed by atoms with Gasteiger partial charge in [0.25, 0.3) is 5.91 Å². The van der Waals surface area contributed by atoms with E-state index in [0.29, 0.717) is 0 Å². The molecule has 1 aromatic heterocycles. The van der Waals surface area contributed by atoms with Crippen molar-refractivity contribution in [3.63, 3.8) is 0 Å². The number of aryl methyl sites for hydroxylation is 1. The molecule has 0 saturated heterocycles. The van der Waals surface area contributed by atoms with Crippen molar-refractivity contribution in [3.05, 3.63) is 47.4 Å². The first kappa shape index (κ1) is 12.7. The standard InChI is InChI=1S/C12H10FN3O3/c1-16-10(9(6-14-16)12(18)19)15-11(17)7-3-2-4-8(13)5-7/h2-6H,1H3,(H,15,17)(H,18,19). The first-order valence-electron chi connectivity index (χ1n) is 5.31. The summed E-state index contributed by atoms with van der Waals surface area (Å²) in [6, 6.07) is 5.09. The lowest BCUT2D eigenvalue weighted by atomic mass is 10.2. The average molecular weight is 263 g/mol. The van der Waals surface area contributed by atoms with Crippen LogP contribution in [0.15, 0.2) is 30.5 Å². The van der Waals surface area contributed by atoms with E-state index in [-0.39, 0.29) is 16.9 Å². The minimum absolute atomic E-state index is 0.0433. The average Bonchev–Trinajstić information content (AvgIpc) is 2.71. The van der Waals surface area contributed by atoms with Gasteiger partial charge in [0.1, 0.15) is 17.2 Å². The van der Waals surface area contributed by atoms with Crippen molar-refractivity contribution in [1.29, 1.82) is 0 Å². The van der Waals surface area contributed by atoms with Gasteiger partial charge in [-0.15, -0.1) is 0 Å². The Kier molecular flexibility index (Phi) is 3.28. The molecular formula is C12H10FN3O3. The number of halogens is 1. The van der Waals surface area contributed by atoms with Crippen molar-refractivity contribution in [2.45, 2.75) is 0 Å². The number of nitrogens with zero attached hydrogens (tertiary/aromatic N) is 2. The highest BCUT2D eigenvalue weighted by Gasteiger charge is 2.18. The zero-order chi connectivity index (χ0) is 14.0. The van der Waals surface area contributed by atoms with Crippen LogP contribution in [0.3, 0.4) is 0 Å². The summed E-state index contributed by atoms with van der Waals surface area (Å²) in [5.74, 6) is -2.31. The number of hydrogen-bond acceptors (Lipinski definition) is 3. The van der Waals surface area contributed by atoms with Gasteiger partial charge in [-0.2, -0.15) is 5.10 Å². The normalized spacial score (nSPS) is 10.2. The fourth-order valence-corrected chi connectivity index (χ4v) is 1.55. The van der Waals surface area contributed by atoms with E-state index >= 15 is 0 Å². The first-order chi connectivity index (χ1) is 8.99. The van der Waals surface area contributed by atoms with E-state index in [2.05, 4.69) is 10.4 Å². The minimum Gasteiger partial charge on any atom is -0.477 e. The molecule has 0 aliphatic heterocycles. The number of aromatic nitrogens is 2. The fourth-order valence-electron chi connectivity index (χ4n) is 1.55. The van der Waals surface area contributed by atoms with Crippen molar-refractivity contribution < 1.29 is 19.1 Å². The molecule has 0 bridgehead atoms. The monoisotopic (exact) mass is 263 g/mol. The molecule has 6 nitrogen and oxygen atoms in total. The summed E-state index contributed by atoms with van der Waals surface area (Å²) in [6.45, 7) is 0. The maximum atomic E-state index is 13.0. The lowest BCUT2D eigenvalue weighted by Gasteiger charge is -2.06. The van der Waals surface area contributed by atoms with Gasteiger partial charge >= 0.3 is 5.97 Å². The van der Waals surface area contributed by atoms with E-state index in [4.69, 9.17) is 5.11 Å². The molecule has 0 atom stereocenters. The van der Waals surface area contributed by atoms with Crippen LogP contribution in [0.1, 0.15) is 20.7 Å². The second-order valence-corrected chi connectivity index (χ2v) is 3.80. The highest BCUT2D eigenvalue weighted by molar-refractivity contribution is 6.06. The molecule has 0 fully saturated rings. The molecule has 2 N–H and O–H groups in total. The van der Waals surface area contributed by atoms with Crippen LogP contribution in [0.2, 0.25) is 0 Å². The van der Waals surface area contributed by atoms with Gasteiger partial charge in [0.2, 0.25) is 0 Å². The second-order valence-electron chi connectivity index (χ2n) is 3.80. The van der Waals surface area contributed by atoms with Crippen LogP contribution >= 0.6 is 0 Å². The van der Waals surface area contributed by atoms with Crippen molar-refractivity contribution in [3.8, 4) is 0 Å². The molecule has 0 aliphatic rings. The van der Waals surface area contributed by atoms with Gasteiger partial charge in [-0.25, -0.2) is 9.18 Å².